The average molecular weight is 434 g/mol. The number of amides is 2. The van der Waals surface area contributed by atoms with Crippen molar-refractivity contribution in [2.75, 3.05) is 27.9 Å². The molecule has 2 heterocycles. The zero-order valence-corrected chi connectivity index (χ0v) is 17.3. The molecule has 2 atom stereocenters. The molecule has 0 fully saturated rings. The highest BCUT2D eigenvalue weighted by molar-refractivity contribution is 5.87. The van der Waals surface area contributed by atoms with E-state index in [0.29, 0.717) is 17.9 Å². The SMILES string of the molecule is COC(=O)C[C@H](NC(=O)N1CCc2[nH]cnc2C1c1ccc(OC)cc1F)C(=O)OC. The zero-order chi connectivity index (χ0) is 22.5. The molecule has 0 saturated heterocycles. The highest BCUT2D eigenvalue weighted by Crippen LogP contribution is 2.35. The van der Waals surface area contributed by atoms with Gasteiger partial charge in [0.2, 0.25) is 0 Å². The van der Waals surface area contributed by atoms with Gasteiger partial charge in [-0.3, -0.25) is 4.79 Å². The molecule has 1 aliphatic rings. The largest absolute Gasteiger partial charge is 0.497 e. The van der Waals surface area contributed by atoms with E-state index in [-0.39, 0.29) is 12.1 Å². The third-order valence-electron chi connectivity index (χ3n) is 5.07. The number of esters is 2. The number of ether oxygens (including phenoxy) is 3. The fourth-order valence-corrected chi connectivity index (χ4v) is 3.48. The monoisotopic (exact) mass is 434 g/mol. The van der Waals surface area contributed by atoms with Gasteiger partial charge in [0.25, 0.3) is 0 Å². The number of imidazole rings is 1. The number of benzene rings is 1. The van der Waals surface area contributed by atoms with Crippen LogP contribution in [0.1, 0.15) is 29.4 Å². The van der Waals surface area contributed by atoms with Crippen LogP contribution in [-0.2, 0) is 25.5 Å². The molecular formula is C20H23FN4O6. The van der Waals surface area contributed by atoms with Gasteiger partial charge < -0.3 is 29.4 Å². The van der Waals surface area contributed by atoms with Gasteiger partial charge in [0.15, 0.2) is 0 Å². The number of methoxy groups -OCH3 is 3. The number of aromatic amines is 1. The number of nitrogens with zero attached hydrogens (tertiary/aromatic N) is 2. The van der Waals surface area contributed by atoms with E-state index in [1.54, 1.807) is 6.07 Å². The minimum absolute atomic E-state index is 0.214. The third-order valence-corrected chi connectivity index (χ3v) is 5.07. The lowest BCUT2D eigenvalue weighted by atomic mass is 9.95. The number of carbonyl (C=O) groups is 3. The number of carbonyl (C=O) groups excluding carboxylic acids is 3. The molecule has 2 amide bonds. The summed E-state index contributed by atoms with van der Waals surface area (Å²) in [7, 11) is 3.74. The molecule has 166 valence electrons. The molecule has 1 unspecified atom stereocenters. The van der Waals surface area contributed by atoms with Gasteiger partial charge in [0.1, 0.15) is 23.7 Å². The Morgan fingerprint density at radius 2 is 2.06 bits per heavy atom. The molecule has 0 saturated carbocycles. The fourth-order valence-electron chi connectivity index (χ4n) is 3.48. The van der Waals surface area contributed by atoms with Gasteiger partial charge in [-0.25, -0.2) is 19.0 Å². The number of H-pyrrole nitrogens is 1. The van der Waals surface area contributed by atoms with Crippen molar-refractivity contribution < 1.29 is 33.0 Å². The fraction of sp³-hybridized carbons (Fsp3) is 0.400. The van der Waals surface area contributed by atoms with E-state index in [0.717, 1.165) is 12.8 Å². The van der Waals surface area contributed by atoms with E-state index in [1.165, 1.54) is 37.6 Å². The van der Waals surface area contributed by atoms with Gasteiger partial charge >= 0.3 is 18.0 Å². The Balaban J connectivity index is 1.93. The average Bonchev–Trinajstić information content (AvgIpc) is 3.26. The van der Waals surface area contributed by atoms with Crippen LogP contribution in [0.2, 0.25) is 0 Å². The Labute approximate surface area is 177 Å². The van der Waals surface area contributed by atoms with Gasteiger partial charge in [-0.05, 0) is 12.1 Å². The summed E-state index contributed by atoms with van der Waals surface area (Å²) in [6.07, 6.45) is 1.53. The molecule has 0 spiro atoms. The van der Waals surface area contributed by atoms with Gasteiger partial charge in [0, 0.05) is 30.3 Å². The summed E-state index contributed by atoms with van der Waals surface area (Å²) in [6, 6.07) is 1.55. The third kappa shape index (κ3) is 4.60. The second-order valence-electron chi connectivity index (χ2n) is 6.81. The van der Waals surface area contributed by atoms with Crippen LogP contribution < -0.4 is 10.1 Å². The summed E-state index contributed by atoms with van der Waals surface area (Å²) in [5.74, 6) is -1.73. The molecule has 2 aromatic rings. The summed E-state index contributed by atoms with van der Waals surface area (Å²) < 4.78 is 29.2. The Bertz CT molecular complexity index is 978. The molecule has 1 aromatic heterocycles. The molecule has 1 aromatic carbocycles. The minimum atomic E-state index is -1.26. The maximum absolute atomic E-state index is 14.9. The smallest absolute Gasteiger partial charge is 0.329 e. The topological polar surface area (TPSA) is 123 Å². The first-order valence-corrected chi connectivity index (χ1v) is 9.47. The number of fused-ring (bicyclic) bond motifs is 1. The van der Waals surface area contributed by atoms with Crippen LogP contribution in [0.3, 0.4) is 0 Å². The molecular weight excluding hydrogens is 411 g/mol. The lowest BCUT2D eigenvalue weighted by Crippen LogP contribution is -2.52. The van der Waals surface area contributed by atoms with Crippen molar-refractivity contribution in [2.24, 2.45) is 0 Å². The lowest BCUT2D eigenvalue weighted by Gasteiger charge is -2.36. The standard InChI is InChI=1S/C20H23FN4O6/c1-29-11-4-5-12(13(21)8-11)18-17-14(22-10-23-17)6-7-25(18)20(28)24-15(19(27)31-3)9-16(26)30-2/h4-5,8,10,15,18H,6-7,9H2,1-3H3,(H,22,23)(H,24,28)/t15-,18?/m0/s1. The summed E-state index contributed by atoms with van der Waals surface area (Å²) in [5.41, 5.74) is 1.49. The summed E-state index contributed by atoms with van der Waals surface area (Å²) in [5, 5.41) is 2.49. The maximum Gasteiger partial charge on any atom is 0.329 e. The Hall–Kier alpha value is -3.63. The van der Waals surface area contributed by atoms with E-state index < -0.39 is 42.3 Å². The minimum Gasteiger partial charge on any atom is -0.497 e. The van der Waals surface area contributed by atoms with E-state index in [4.69, 9.17) is 4.74 Å². The number of rotatable bonds is 6. The predicted octanol–water partition coefficient (Wildman–Crippen LogP) is 1.32. The molecule has 1 aliphatic heterocycles. The van der Waals surface area contributed by atoms with Crippen molar-refractivity contribution in [3.63, 3.8) is 0 Å². The number of nitrogens with one attached hydrogen (secondary N) is 2. The number of halogens is 1. The molecule has 3 rings (SSSR count). The first kappa shape index (κ1) is 22.1. The molecule has 0 radical (unpaired) electrons. The molecule has 0 aliphatic carbocycles. The first-order chi connectivity index (χ1) is 14.9. The second kappa shape index (κ2) is 9.45. The predicted molar refractivity (Wildman–Crippen MR) is 105 cm³/mol. The van der Waals surface area contributed by atoms with Crippen LogP contribution in [0.15, 0.2) is 24.5 Å². The first-order valence-electron chi connectivity index (χ1n) is 9.47. The zero-order valence-electron chi connectivity index (χ0n) is 17.3. The van der Waals surface area contributed by atoms with Crippen LogP contribution in [0, 0.1) is 5.82 Å². The summed E-state index contributed by atoms with van der Waals surface area (Å²) >= 11 is 0. The van der Waals surface area contributed by atoms with Crippen molar-refractivity contribution >= 4 is 18.0 Å². The molecule has 2 N–H and O–H groups in total. The highest BCUT2D eigenvalue weighted by Gasteiger charge is 2.37. The van der Waals surface area contributed by atoms with Crippen LogP contribution in [-0.4, -0.2) is 66.8 Å². The Morgan fingerprint density at radius 3 is 2.71 bits per heavy atom. The molecule has 0 bridgehead atoms. The number of urea groups is 1. The molecule has 11 heteroatoms. The second-order valence-corrected chi connectivity index (χ2v) is 6.81. The molecule has 31 heavy (non-hydrogen) atoms. The van der Waals surface area contributed by atoms with Crippen LogP contribution >= 0.6 is 0 Å². The van der Waals surface area contributed by atoms with Crippen molar-refractivity contribution in [2.45, 2.75) is 24.9 Å². The summed E-state index contributed by atoms with van der Waals surface area (Å²) in [4.78, 5) is 45.5. The summed E-state index contributed by atoms with van der Waals surface area (Å²) in [6.45, 7) is 0.225. The van der Waals surface area contributed by atoms with Gasteiger partial charge in [-0.2, -0.15) is 0 Å². The van der Waals surface area contributed by atoms with Crippen molar-refractivity contribution in [3.05, 3.63) is 47.3 Å². The van der Waals surface area contributed by atoms with Gasteiger partial charge in [0.05, 0.1) is 39.8 Å². The van der Waals surface area contributed by atoms with Gasteiger partial charge in [-0.1, -0.05) is 0 Å². The van der Waals surface area contributed by atoms with Crippen molar-refractivity contribution in [1.29, 1.82) is 0 Å². The van der Waals surface area contributed by atoms with E-state index in [9.17, 15) is 18.8 Å². The van der Waals surface area contributed by atoms with Crippen LogP contribution in [0.4, 0.5) is 9.18 Å². The van der Waals surface area contributed by atoms with Crippen LogP contribution in [0.25, 0.3) is 0 Å². The van der Waals surface area contributed by atoms with Gasteiger partial charge in [-0.15, -0.1) is 0 Å². The van der Waals surface area contributed by atoms with E-state index in [2.05, 4.69) is 24.8 Å². The maximum atomic E-state index is 14.9. The van der Waals surface area contributed by atoms with Crippen molar-refractivity contribution in [3.8, 4) is 5.75 Å². The normalized spacial score (nSPS) is 16.1. The lowest BCUT2D eigenvalue weighted by molar-refractivity contribution is -0.149. The highest BCUT2D eigenvalue weighted by atomic mass is 19.1. The Kier molecular flexibility index (Phi) is 6.73. The Morgan fingerprint density at radius 1 is 1.29 bits per heavy atom. The van der Waals surface area contributed by atoms with E-state index in [1.807, 2.05) is 0 Å². The number of aromatic nitrogens is 2. The number of hydrogen-bond donors (Lipinski definition) is 2. The van der Waals surface area contributed by atoms with Crippen LogP contribution in [0.5, 0.6) is 5.75 Å². The van der Waals surface area contributed by atoms with E-state index >= 15 is 0 Å². The quantitative estimate of drug-likeness (QED) is 0.658. The van der Waals surface area contributed by atoms with Crippen molar-refractivity contribution in [1.82, 2.24) is 20.2 Å². The number of hydrogen-bond acceptors (Lipinski definition) is 7. The molecule has 10 nitrogen and oxygen atoms in total.